The smallest absolute Gasteiger partial charge is 0.233 e. The summed E-state index contributed by atoms with van der Waals surface area (Å²) in [4.78, 5) is 13.6. The minimum absolute atomic E-state index is 0.0472. The Morgan fingerprint density at radius 1 is 1.50 bits per heavy atom. The Kier molecular flexibility index (Phi) is 5.82. The van der Waals surface area contributed by atoms with Crippen molar-refractivity contribution in [1.29, 1.82) is 0 Å². The van der Waals surface area contributed by atoms with E-state index in [-0.39, 0.29) is 17.9 Å². The molecule has 0 radical (unpaired) electrons. The molecular formula is C14H26N2O2. The number of nitrogens with one attached hydrogen (secondary N) is 1. The Bertz CT molecular complexity index is 311. The topological polar surface area (TPSA) is 52.6 Å². The van der Waals surface area contributed by atoms with Crippen molar-refractivity contribution in [2.45, 2.75) is 33.1 Å². The zero-order valence-corrected chi connectivity index (χ0v) is 11.8. The summed E-state index contributed by atoms with van der Waals surface area (Å²) in [5, 5.41) is 12.4. The molecule has 0 bridgehead atoms. The van der Waals surface area contributed by atoms with E-state index in [2.05, 4.69) is 30.1 Å². The van der Waals surface area contributed by atoms with Gasteiger partial charge in [-0.25, -0.2) is 0 Å². The summed E-state index contributed by atoms with van der Waals surface area (Å²) in [5.41, 5.74) is 1.22. The van der Waals surface area contributed by atoms with Crippen molar-refractivity contribution < 1.29 is 9.90 Å². The molecule has 0 aromatic carbocycles. The minimum atomic E-state index is -0.0659. The highest BCUT2D eigenvalue weighted by molar-refractivity contribution is 5.77. The maximum Gasteiger partial charge on any atom is 0.233 e. The second-order valence-electron chi connectivity index (χ2n) is 5.63. The van der Waals surface area contributed by atoms with Crippen molar-refractivity contribution >= 4 is 5.91 Å². The second-order valence-corrected chi connectivity index (χ2v) is 5.63. The average molecular weight is 254 g/mol. The molecule has 2 N–H and O–H groups in total. The first-order valence-corrected chi connectivity index (χ1v) is 6.68. The van der Waals surface area contributed by atoms with Crippen molar-refractivity contribution in [3.8, 4) is 0 Å². The van der Waals surface area contributed by atoms with E-state index in [1.165, 1.54) is 5.57 Å². The number of likely N-dealkylation sites (tertiary alicyclic amines) is 1. The van der Waals surface area contributed by atoms with Gasteiger partial charge in [0, 0.05) is 19.0 Å². The van der Waals surface area contributed by atoms with Crippen LogP contribution in [0.2, 0.25) is 0 Å². The van der Waals surface area contributed by atoms with Gasteiger partial charge < -0.3 is 10.4 Å². The van der Waals surface area contributed by atoms with Crippen LogP contribution in [-0.2, 0) is 4.79 Å². The summed E-state index contributed by atoms with van der Waals surface area (Å²) in [5.74, 6) is 0.0472. The van der Waals surface area contributed by atoms with Gasteiger partial charge in [0.15, 0.2) is 0 Å². The zero-order chi connectivity index (χ0) is 13.6. The van der Waals surface area contributed by atoms with Crippen molar-refractivity contribution in [3.05, 3.63) is 11.6 Å². The normalized spacial score (nSPS) is 24.7. The van der Waals surface area contributed by atoms with E-state index < -0.39 is 0 Å². The molecule has 1 heterocycles. The Balaban J connectivity index is 2.63. The van der Waals surface area contributed by atoms with Crippen LogP contribution in [0.25, 0.3) is 0 Å². The predicted molar refractivity (Wildman–Crippen MR) is 73.3 cm³/mol. The molecule has 0 aliphatic carbocycles. The number of aliphatic hydroxyl groups excluding tert-OH is 1. The number of carbonyl (C=O) groups excluding carboxylic acids is 1. The average Bonchev–Trinajstić information content (AvgIpc) is 2.36. The molecule has 0 saturated carbocycles. The van der Waals surface area contributed by atoms with Crippen LogP contribution >= 0.6 is 0 Å². The molecule has 0 spiro atoms. The molecule has 1 aliphatic heterocycles. The highest BCUT2D eigenvalue weighted by Gasteiger charge is 2.34. The van der Waals surface area contributed by atoms with Crippen LogP contribution in [0.3, 0.4) is 0 Å². The van der Waals surface area contributed by atoms with Crippen LogP contribution in [0.15, 0.2) is 11.6 Å². The first-order valence-electron chi connectivity index (χ1n) is 6.68. The van der Waals surface area contributed by atoms with E-state index in [0.717, 1.165) is 32.4 Å². The zero-order valence-electron chi connectivity index (χ0n) is 11.8. The van der Waals surface area contributed by atoms with Crippen LogP contribution in [0.1, 0.15) is 33.1 Å². The molecular weight excluding hydrogens is 228 g/mol. The molecule has 104 valence electrons. The van der Waals surface area contributed by atoms with Gasteiger partial charge in [0.05, 0.1) is 13.2 Å². The summed E-state index contributed by atoms with van der Waals surface area (Å²) >= 11 is 0. The van der Waals surface area contributed by atoms with Gasteiger partial charge in [0.25, 0.3) is 0 Å². The molecule has 4 heteroatoms. The number of aliphatic hydroxyl groups is 1. The fraction of sp³-hybridized carbons (Fsp3) is 0.786. The molecule has 4 nitrogen and oxygen atoms in total. The van der Waals surface area contributed by atoms with E-state index in [1.54, 1.807) is 7.05 Å². The molecule has 0 unspecified atom stereocenters. The minimum Gasteiger partial charge on any atom is -0.396 e. The highest BCUT2D eigenvalue weighted by atomic mass is 16.3. The van der Waals surface area contributed by atoms with Crippen molar-refractivity contribution in [3.63, 3.8) is 0 Å². The molecule has 1 amide bonds. The molecule has 1 fully saturated rings. The number of allylic oxidation sites excluding steroid dienone is 2. The lowest BCUT2D eigenvalue weighted by Gasteiger charge is -2.41. The summed E-state index contributed by atoms with van der Waals surface area (Å²) in [7, 11) is 1.66. The number of amides is 1. The fourth-order valence-corrected chi connectivity index (χ4v) is 2.51. The number of rotatable bonds is 5. The van der Waals surface area contributed by atoms with Gasteiger partial charge in [0.1, 0.15) is 0 Å². The van der Waals surface area contributed by atoms with Crippen molar-refractivity contribution in [2.75, 3.05) is 33.3 Å². The van der Waals surface area contributed by atoms with Gasteiger partial charge in [-0.3, -0.25) is 9.69 Å². The van der Waals surface area contributed by atoms with Crippen molar-refractivity contribution in [2.24, 2.45) is 5.41 Å². The maximum atomic E-state index is 11.4. The largest absolute Gasteiger partial charge is 0.396 e. The van der Waals surface area contributed by atoms with E-state index >= 15 is 0 Å². The van der Waals surface area contributed by atoms with Gasteiger partial charge in [-0.1, -0.05) is 11.6 Å². The number of hydrogen-bond donors (Lipinski definition) is 2. The standard InChI is InChI=1S/C14H26N2O2/c1-12(2)5-7-14(11-17)6-4-8-16(10-14)9-13(18)15-3/h5,17H,4,6-11H2,1-3H3,(H,15,18)/t14-/m1/s1. The van der Waals surface area contributed by atoms with Crippen LogP contribution < -0.4 is 5.32 Å². The van der Waals surface area contributed by atoms with Gasteiger partial charge in [-0.05, 0) is 39.7 Å². The van der Waals surface area contributed by atoms with Crippen LogP contribution in [0.4, 0.5) is 0 Å². The maximum absolute atomic E-state index is 11.4. The summed E-state index contributed by atoms with van der Waals surface area (Å²) in [6, 6.07) is 0. The van der Waals surface area contributed by atoms with Gasteiger partial charge in [0.2, 0.25) is 5.91 Å². The van der Waals surface area contributed by atoms with E-state index in [1.807, 2.05) is 0 Å². The van der Waals surface area contributed by atoms with E-state index in [9.17, 15) is 9.90 Å². The quantitative estimate of drug-likeness (QED) is 0.724. The third-order valence-electron chi connectivity index (χ3n) is 3.67. The number of likely N-dealkylation sites (N-methyl/N-ethyl adjacent to an activating group) is 1. The third kappa shape index (κ3) is 4.42. The van der Waals surface area contributed by atoms with Crippen LogP contribution in [-0.4, -0.2) is 49.2 Å². The summed E-state index contributed by atoms with van der Waals surface area (Å²) in [6.07, 6.45) is 5.18. The molecule has 1 rings (SSSR count). The Labute approximate surface area is 110 Å². The Morgan fingerprint density at radius 2 is 2.22 bits per heavy atom. The molecule has 0 aromatic heterocycles. The summed E-state index contributed by atoms with van der Waals surface area (Å²) < 4.78 is 0. The highest BCUT2D eigenvalue weighted by Crippen LogP contribution is 2.33. The van der Waals surface area contributed by atoms with Crippen LogP contribution in [0, 0.1) is 5.41 Å². The summed E-state index contributed by atoms with van der Waals surface area (Å²) in [6.45, 7) is 6.55. The molecule has 1 aliphatic rings. The Morgan fingerprint density at radius 3 is 2.78 bits per heavy atom. The second kappa shape index (κ2) is 6.90. The third-order valence-corrected chi connectivity index (χ3v) is 3.67. The fourth-order valence-electron chi connectivity index (χ4n) is 2.51. The van der Waals surface area contributed by atoms with Gasteiger partial charge in [-0.2, -0.15) is 0 Å². The number of nitrogens with zero attached hydrogens (tertiary/aromatic N) is 1. The number of piperidine rings is 1. The lowest BCUT2D eigenvalue weighted by Crippen LogP contribution is -2.48. The van der Waals surface area contributed by atoms with Gasteiger partial charge in [-0.15, -0.1) is 0 Å². The molecule has 1 saturated heterocycles. The predicted octanol–water partition coefficient (Wildman–Crippen LogP) is 1.16. The molecule has 1 atom stereocenters. The lowest BCUT2D eigenvalue weighted by molar-refractivity contribution is -0.122. The van der Waals surface area contributed by atoms with Crippen LogP contribution in [0.5, 0.6) is 0 Å². The first-order chi connectivity index (χ1) is 8.51. The monoisotopic (exact) mass is 254 g/mol. The molecule has 0 aromatic rings. The lowest BCUT2D eigenvalue weighted by atomic mass is 9.77. The van der Waals surface area contributed by atoms with E-state index in [0.29, 0.717) is 6.54 Å². The first kappa shape index (κ1) is 15.2. The number of hydrogen-bond acceptors (Lipinski definition) is 3. The SMILES string of the molecule is CNC(=O)CN1CCC[C@@](CO)(CC=C(C)C)C1. The van der Waals surface area contributed by atoms with E-state index in [4.69, 9.17) is 0 Å². The Hall–Kier alpha value is -0.870. The van der Waals surface area contributed by atoms with Gasteiger partial charge >= 0.3 is 0 Å². The number of carbonyl (C=O) groups is 1. The molecule has 18 heavy (non-hydrogen) atoms. The van der Waals surface area contributed by atoms with Crippen molar-refractivity contribution in [1.82, 2.24) is 10.2 Å².